The van der Waals surface area contributed by atoms with Crippen LogP contribution in [0.25, 0.3) is 0 Å². The van der Waals surface area contributed by atoms with Crippen LogP contribution < -0.4 is 5.32 Å². The molecule has 1 aliphatic heterocycles. The molecule has 1 aliphatic rings. The van der Waals surface area contributed by atoms with E-state index in [9.17, 15) is 9.59 Å². The summed E-state index contributed by atoms with van der Waals surface area (Å²) in [4.78, 5) is 23.7. The maximum absolute atomic E-state index is 11.3. The molecule has 1 N–H and O–H groups in total. The molecular weight excluding hydrogens is 236 g/mol. The van der Waals surface area contributed by atoms with Crippen LogP contribution in [0.15, 0.2) is 0 Å². The standard InChI is InChI=1S/C8H13BrN2O2/c1-5(2)3-11-4-6(9)7(12)10-8(11)13/h5-6H,3-4H2,1-2H3,(H,10,12,13)/t6-/m1/s1. The highest BCUT2D eigenvalue weighted by atomic mass is 79.9. The third-order valence-electron chi connectivity index (χ3n) is 1.77. The molecule has 0 radical (unpaired) electrons. The molecule has 0 spiro atoms. The third kappa shape index (κ3) is 2.69. The average molecular weight is 249 g/mol. The monoisotopic (exact) mass is 248 g/mol. The molecule has 1 fully saturated rings. The van der Waals surface area contributed by atoms with Crippen molar-refractivity contribution in [3.63, 3.8) is 0 Å². The predicted octanol–water partition coefficient (Wildman–Crippen LogP) is 0.958. The summed E-state index contributed by atoms with van der Waals surface area (Å²) in [6, 6.07) is -0.283. The van der Waals surface area contributed by atoms with Gasteiger partial charge in [0.05, 0.1) is 0 Å². The third-order valence-corrected chi connectivity index (χ3v) is 2.47. The van der Waals surface area contributed by atoms with Crippen molar-refractivity contribution in [2.24, 2.45) is 5.92 Å². The van der Waals surface area contributed by atoms with E-state index in [4.69, 9.17) is 0 Å². The summed E-state index contributed by atoms with van der Waals surface area (Å²) < 4.78 is 0. The molecule has 3 amide bonds. The van der Waals surface area contributed by atoms with Crippen molar-refractivity contribution in [1.29, 1.82) is 0 Å². The Kier molecular flexibility index (Phi) is 3.30. The lowest BCUT2D eigenvalue weighted by atomic mass is 10.2. The zero-order chi connectivity index (χ0) is 10.0. The molecule has 1 rings (SSSR count). The number of halogens is 1. The summed E-state index contributed by atoms with van der Waals surface area (Å²) in [6.07, 6.45) is 0. The molecule has 0 aromatic carbocycles. The molecule has 0 unspecified atom stereocenters. The predicted molar refractivity (Wildman–Crippen MR) is 52.7 cm³/mol. The highest BCUT2D eigenvalue weighted by molar-refractivity contribution is 9.10. The lowest BCUT2D eigenvalue weighted by Gasteiger charge is -2.30. The van der Waals surface area contributed by atoms with E-state index in [1.165, 1.54) is 0 Å². The van der Waals surface area contributed by atoms with Crippen molar-refractivity contribution in [3.8, 4) is 0 Å². The topological polar surface area (TPSA) is 49.4 Å². The van der Waals surface area contributed by atoms with E-state index in [-0.39, 0.29) is 16.8 Å². The highest BCUT2D eigenvalue weighted by Crippen LogP contribution is 2.10. The van der Waals surface area contributed by atoms with Crippen LogP contribution in [0.1, 0.15) is 13.8 Å². The number of amides is 3. The van der Waals surface area contributed by atoms with E-state index in [0.717, 1.165) is 0 Å². The van der Waals surface area contributed by atoms with Gasteiger partial charge in [0, 0.05) is 13.1 Å². The molecule has 1 atom stereocenters. The number of urea groups is 1. The summed E-state index contributed by atoms with van der Waals surface area (Å²) in [5.41, 5.74) is 0. The smallest absolute Gasteiger partial charge is 0.323 e. The Bertz CT molecular complexity index is 230. The van der Waals surface area contributed by atoms with Gasteiger partial charge in [-0.05, 0) is 5.92 Å². The first-order valence-electron chi connectivity index (χ1n) is 4.24. The van der Waals surface area contributed by atoms with Gasteiger partial charge in [-0.3, -0.25) is 10.1 Å². The Labute approximate surface area is 85.8 Å². The van der Waals surface area contributed by atoms with Gasteiger partial charge in [0.2, 0.25) is 5.91 Å². The Hall–Kier alpha value is -0.580. The second-order valence-corrected chi connectivity index (χ2v) is 4.67. The van der Waals surface area contributed by atoms with Gasteiger partial charge in [0.25, 0.3) is 0 Å². The maximum Gasteiger partial charge on any atom is 0.324 e. The van der Waals surface area contributed by atoms with Crippen molar-refractivity contribution >= 4 is 27.9 Å². The van der Waals surface area contributed by atoms with Crippen LogP contribution in [0.4, 0.5) is 4.79 Å². The Morgan fingerprint density at radius 1 is 1.62 bits per heavy atom. The van der Waals surface area contributed by atoms with E-state index in [1.54, 1.807) is 4.90 Å². The molecule has 0 bridgehead atoms. The van der Waals surface area contributed by atoms with Crippen LogP contribution in [0.2, 0.25) is 0 Å². The first kappa shape index (κ1) is 10.5. The summed E-state index contributed by atoms with van der Waals surface area (Å²) in [7, 11) is 0. The fourth-order valence-electron chi connectivity index (χ4n) is 1.22. The SMILES string of the molecule is CC(C)CN1C[C@@H](Br)C(=O)NC1=O. The summed E-state index contributed by atoms with van der Waals surface area (Å²) >= 11 is 3.21. The largest absolute Gasteiger partial charge is 0.324 e. The second kappa shape index (κ2) is 4.09. The van der Waals surface area contributed by atoms with Crippen molar-refractivity contribution in [3.05, 3.63) is 0 Å². The van der Waals surface area contributed by atoms with Gasteiger partial charge >= 0.3 is 6.03 Å². The summed E-state index contributed by atoms with van der Waals surface area (Å²) in [5, 5.41) is 2.29. The number of carbonyl (C=O) groups excluding carboxylic acids is 2. The van der Waals surface area contributed by atoms with E-state index >= 15 is 0 Å². The lowest BCUT2D eigenvalue weighted by Crippen LogP contribution is -2.55. The molecule has 74 valence electrons. The highest BCUT2D eigenvalue weighted by Gasteiger charge is 2.30. The van der Waals surface area contributed by atoms with E-state index in [0.29, 0.717) is 19.0 Å². The summed E-state index contributed by atoms with van der Waals surface area (Å²) in [6.45, 7) is 5.21. The Morgan fingerprint density at radius 3 is 2.77 bits per heavy atom. The molecule has 0 aromatic heterocycles. The Morgan fingerprint density at radius 2 is 2.23 bits per heavy atom. The number of rotatable bonds is 2. The maximum atomic E-state index is 11.3. The first-order valence-corrected chi connectivity index (χ1v) is 5.16. The normalized spacial score (nSPS) is 23.7. The van der Waals surface area contributed by atoms with Gasteiger partial charge in [-0.15, -0.1) is 0 Å². The lowest BCUT2D eigenvalue weighted by molar-refractivity contribution is -0.120. The minimum Gasteiger partial charge on any atom is -0.323 e. The number of nitrogens with one attached hydrogen (secondary N) is 1. The van der Waals surface area contributed by atoms with Crippen molar-refractivity contribution in [1.82, 2.24) is 10.2 Å². The van der Waals surface area contributed by atoms with Crippen LogP contribution in [-0.2, 0) is 4.79 Å². The second-order valence-electron chi connectivity index (χ2n) is 3.56. The molecule has 1 saturated heterocycles. The van der Waals surface area contributed by atoms with Gasteiger partial charge in [-0.1, -0.05) is 29.8 Å². The number of imide groups is 1. The van der Waals surface area contributed by atoms with Crippen LogP contribution in [-0.4, -0.2) is 34.8 Å². The molecule has 0 aromatic rings. The van der Waals surface area contributed by atoms with Gasteiger partial charge < -0.3 is 4.90 Å². The van der Waals surface area contributed by atoms with Gasteiger partial charge in [0.15, 0.2) is 0 Å². The van der Waals surface area contributed by atoms with E-state index in [2.05, 4.69) is 21.2 Å². The number of hydrogen-bond acceptors (Lipinski definition) is 2. The summed E-state index contributed by atoms with van der Waals surface area (Å²) in [5.74, 6) is 0.170. The van der Waals surface area contributed by atoms with E-state index in [1.807, 2.05) is 13.8 Å². The molecular formula is C8H13BrN2O2. The van der Waals surface area contributed by atoms with Crippen LogP contribution in [0.3, 0.4) is 0 Å². The fourth-order valence-corrected chi connectivity index (χ4v) is 1.68. The molecule has 4 nitrogen and oxygen atoms in total. The minimum absolute atomic E-state index is 0.245. The van der Waals surface area contributed by atoms with Crippen LogP contribution >= 0.6 is 15.9 Å². The number of hydrogen-bond donors (Lipinski definition) is 1. The first-order chi connectivity index (χ1) is 6.00. The molecule has 1 heterocycles. The molecule has 0 aliphatic carbocycles. The Balaban J connectivity index is 2.56. The molecule has 5 heteroatoms. The number of carbonyl (C=O) groups is 2. The number of alkyl halides is 1. The van der Waals surface area contributed by atoms with Gasteiger partial charge in [0.1, 0.15) is 4.83 Å². The van der Waals surface area contributed by atoms with Crippen LogP contribution in [0, 0.1) is 5.92 Å². The van der Waals surface area contributed by atoms with Gasteiger partial charge in [-0.2, -0.15) is 0 Å². The molecule has 0 saturated carbocycles. The average Bonchev–Trinajstić information content (AvgIpc) is 1.99. The van der Waals surface area contributed by atoms with E-state index < -0.39 is 0 Å². The van der Waals surface area contributed by atoms with Gasteiger partial charge in [-0.25, -0.2) is 4.79 Å². The van der Waals surface area contributed by atoms with Crippen molar-refractivity contribution in [2.75, 3.05) is 13.1 Å². The fraction of sp³-hybridized carbons (Fsp3) is 0.750. The zero-order valence-corrected chi connectivity index (χ0v) is 9.30. The van der Waals surface area contributed by atoms with Crippen molar-refractivity contribution < 1.29 is 9.59 Å². The zero-order valence-electron chi connectivity index (χ0n) is 7.71. The quantitative estimate of drug-likeness (QED) is 0.741. The van der Waals surface area contributed by atoms with Crippen molar-refractivity contribution in [2.45, 2.75) is 18.7 Å². The van der Waals surface area contributed by atoms with Crippen LogP contribution in [0.5, 0.6) is 0 Å². The molecule has 13 heavy (non-hydrogen) atoms. The minimum atomic E-state index is -0.283. The number of nitrogens with zero attached hydrogens (tertiary/aromatic N) is 1.